The number of methoxy groups -OCH3 is 1. The van der Waals surface area contributed by atoms with E-state index in [-0.39, 0.29) is 18.1 Å². The van der Waals surface area contributed by atoms with Crippen molar-refractivity contribution >= 4 is 23.3 Å². The van der Waals surface area contributed by atoms with Gasteiger partial charge in [-0.25, -0.2) is 19.2 Å². The van der Waals surface area contributed by atoms with Crippen LogP contribution in [0.4, 0.5) is 14.9 Å². The van der Waals surface area contributed by atoms with Gasteiger partial charge in [0, 0.05) is 18.0 Å². The van der Waals surface area contributed by atoms with Crippen molar-refractivity contribution < 1.29 is 18.7 Å². The molecule has 1 aliphatic rings. The maximum Gasteiger partial charge on any atom is 0.322 e. The normalized spacial score (nSPS) is 16.6. The van der Waals surface area contributed by atoms with Crippen molar-refractivity contribution in [1.82, 2.24) is 14.9 Å². The third-order valence-electron chi connectivity index (χ3n) is 3.70. The van der Waals surface area contributed by atoms with Gasteiger partial charge in [0.25, 0.3) is 0 Å². The molecule has 1 atom stereocenters. The Balaban J connectivity index is 1.59. The number of urea groups is 1. The predicted octanol–water partition coefficient (Wildman–Crippen LogP) is 2.96. The highest BCUT2D eigenvalue weighted by Gasteiger charge is 2.28. The Bertz CT molecular complexity index is 760. The molecule has 2 aromatic rings. The smallest absolute Gasteiger partial charge is 0.322 e. The third-order valence-corrected chi connectivity index (χ3v) is 3.94. The summed E-state index contributed by atoms with van der Waals surface area (Å²) >= 11 is 5.96. The molecule has 1 aromatic heterocycles. The number of amides is 2. The number of carbonyl (C=O) groups excluding carboxylic acids is 1. The number of anilines is 1. The fourth-order valence-electron chi connectivity index (χ4n) is 2.49. The van der Waals surface area contributed by atoms with Crippen molar-refractivity contribution in [3.8, 4) is 11.8 Å². The largest absolute Gasteiger partial charge is 0.495 e. The van der Waals surface area contributed by atoms with E-state index in [4.69, 9.17) is 21.1 Å². The Labute approximate surface area is 148 Å². The number of ether oxygens (including phenoxy) is 2. The van der Waals surface area contributed by atoms with Gasteiger partial charge in [-0.2, -0.15) is 0 Å². The maximum atomic E-state index is 12.8. The first-order valence-corrected chi connectivity index (χ1v) is 7.96. The highest BCUT2D eigenvalue weighted by Crippen LogP contribution is 2.28. The van der Waals surface area contributed by atoms with Crippen LogP contribution in [0.15, 0.2) is 30.6 Å². The summed E-state index contributed by atoms with van der Waals surface area (Å²) in [5, 5.41) is 3.27. The standard InChI is InChI=1S/C16H16ClFN4O3/c1-24-14-3-2-10(17)6-13(14)21-16(23)22-5-4-12(9-22)25-15-19-7-11(18)8-20-15/h2-3,6-8,12H,4-5,9H2,1H3,(H,21,23). The minimum Gasteiger partial charge on any atom is -0.495 e. The van der Waals surface area contributed by atoms with Gasteiger partial charge in [-0.1, -0.05) is 11.6 Å². The number of nitrogens with zero attached hydrogens (tertiary/aromatic N) is 3. The molecule has 0 spiro atoms. The lowest BCUT2D eigenvalue weighted by molar-refractivity contribution is 0.183. The van der Waals surface area contributed by atoms with Gasteiger partial charge in [0.1, 0.15) is 11.9 Å². The SMILES string of the molecule is COc1ccc(Cl)cc1NC(=O)N1CCC(Oc2ncc(F)cn2)C1. The van der Waals surface area contributed by atoms with Gasteiger partial charge in [-0.3, -0.25) is 0 Å². The molecule has 1 unspecified atom stereocenters. The molecule has 0 bridgehead atoms. The summed E-state index contributed by atoms with van der Waals surface area (Å²) in [6, 6.07) is 4.78. The van der Waals surface area contributed by atoms with E-state index < -0.39 is 5.82 Å². The quantitative estimate of drug-likeness (QED) is 0.900. The number of benzene rings is 1. The van der Waals surface area contributed by atoms with E-state index in [1.54, 1.807) is 23.1 Å². The van der Waals surface area contributed by atoms with Crippen LogP contribution in [-0.2, 0) is 0 Å². The Kier molecular flexibility index (Phi) is 5.18. The van der Waals surface area contributed by atoms with Gasteiger partial charge >= 0.3 is 12.0 Å². The van der Waals surface area contributed by atoms with E-state index in [2.05, 4.69) is 15.3 Å². The average molecular weight is 367 g/mol. The minimum atomic E-state index is -0.532. The van der Waals surface area contributed by atoms with Gasteiger partial charge < -0.3 is 19.7 Å². The highest BCUT2D eigenvalue weighted by molar-refractivity contribution is 6.31. The Morgan fingerprint density at radius 3 is 2.88 bits per heavy atom. The van der Waals surface area contributed by atoms with Gasteiger partial charge in [0.05, 0.1) is 31.7 Å². The molecular weight excluding hydrogens is 351 g/mol. The van der Waals surface area contributed by atoms with Crippen LogP contribution < -0.4 is 14.8 Å². The van der Waals surface area contributed by atoms with Gasteiger partial charge in [-0.05, 0) is 18.2 Å². The molecule has 7 nitrogen and oxygen atoms in total. The summed E-state index contributed by atoms with van der Waals surface area (Å²) in [6.07, 6.45) is 2.44. The number of nitrogens with one attached hydrogen (secondary N) is 1. The summed E-state index contributed by atoms with van der Waals surface area (Å²) in [4.78, 5) is 21.5. The van der Waals surface area contributed by atoms with Crippen molar-refractivity contribution in [2.75, 3.05) is 25.5 Å². The fraction of sp³-hybridized carbons (Fsp3) is 0.312. The zero-order valence-electron chi connectivity index (χ0n) is 13.4. The molecule has 1 aliphatic heterocycles. The topological polar surface area (TPSA) is 76.6 Å². The fourth-order valence-corrected chi connectivity index (χ4v) is 2.66. The number of hydrogen-bond acceptors (Lipinski definition) is 5. The third kappa shape index (κ3) is 4.27. The average Bonchev–Trinajstić information content (AvgIpc) is 3.06. The monoisotopic (exact) mass is 366 g/mol. The second-order valence-corrected chi connectivity index (χ2v) is 5.87. The van der Waals surface area contributed by atoms with E-state index in [9.17, 15) is 9.18 Å². The number of carbonyl (C=O) groups is 1. The lowest BCUT2D eigenvalue weighted by atomic mass is 10.3. The molecule has 1 fully saturated rings. The minimum absolute atomic E-state index is 0.0881. The Morgan fingerprint density at radius 2 is 2.16 bits per heavy atom. The van der Waals surface area contributed by atoms with Gasteiger partial charge in [0.2, 0.25) is 0 Å². The van der Waals surface area contributed by atoms with Gasteiger partial charge in [0.15, 0.2) is 5.82 Å². The van der Waals surface area contributed by atoms with E-state index in [1.165, 1.54) is 7.11 Å². The molecule has 25 heavy (non-hydrogen) atoms. The first-order chi connectivity index (χ1) is 12.0. The molecule has 1 saturated heterocycles. The van der Waals surface area contributed by atoms with Crippen LogP contribution >= 0.6 is 11.6 Å². The second-order valence-electron chi connectivity index (χ2n) is 5.43. The highest BCUT2D eigenvalue weighted by atomic mass is 35.5. The number of aromatic nitrogens is 2. The summed E-state index contributed by atoms with van der Waals surface area (Å²) < 4.78 is 23.6. The number of likely N-dealkylation sites (tertiary alicyclic amines) is 1. The summed E-state index contributed by atoms with van der Waals surface area (Å²) in [7, 11) is 1.52. The Morgan fingerprint density at radius 1 is 1.40 bits per heavy atom. The van der Waals surface area contributed by atoms with E-state index in [1.807, 2.05) is 0 Å². The van der Waals surface area contributed by atoms with E-state index in [0.29, 0.717) is 36.0 Å². The molecule has 0 radical (unpaired) electrons. The number of halogens is 2. The molecule has 1 N–H and O–H groups in total. The molecule has 3 rings (SSSR count). The molecule has 0 saturated carbocycles. The maximum absolute atomic E-state index is 12.8. The van der Waals surface area contributed by atoms with Crippen LogP contribution in [0, 0.1) is 5.82 Å². The molecular formula is C16H16ClFN4O3. The van der Waals surface area contributed by atoms with Crippen LogP contribution in [0.5, 0.6) is 11.8 Å². The van der Waals surface area contributed by atoms with E-state index in [0.717, 1.165) is 12.4 Å². The van der Waals surface area contributed by atoms with Crippen molar-refractivity contribution in [3.05, 3.63) is 41.4 Å². The van der Waals surface area contributed by atoms with Crippen LogP contribution in [0.3, 0.4) is 0 Å². The lowest BCUT2D eigenvalue weighted by Gasteiger charge is -2.18. The van der Waals surface area contributed by atoms with Crippen molar-refractivity contribution in [2.24, 2.45) is 0 Å². The summed E-state index contributed by atoms with van der Waals surface area (Å²) in [5.41, 5.74) is 0.492. The zero-order chi connectivity index (χ0) is 17.8. The molecule has 9 heteroatoms. The molecule has 132 valence electrons. The first-order valence-electron chi connectivity index (χ1n) is 7.59. The van der Waals surface area contributed by atoms with Crippen molar-refractivity contribution in [3.63, 3.8) is 0 Å². The van der Waals surface area contributed by atoms with Gasteiger partial charge in [-0.15, -0.1) is 0 Å². The molecule has 2 amide bonds. The predicted molar refractivity (Wildman–Crippen MR) is 89.6 cm³/mol. The molecule has 2 heterocycles. The van der Waals surface area contributed by atoms with E-state index >= 15 is 0 Å². The van der Waals surface area contributed by atoms with Crippen LogP contribution in [0.25, 0.3) is 0 Å². The van der Waals surface area contributed by atoms with Crippen LogP contribution in [0.1, 0.15) is 6.42 Å². The number of rotatable bonds is 4. The van der Waals surface area contributed by atoms with Crippen molar-refractivity contribution in [2.45, 2.75) is 12.5 Å². The summed E-state index contributed by atoms with van der Waals surface area (Å²) in [5.74, 6) is -0.0142. The second kappa shape index (κ2) is 7.52. The van der Waals surface area contributed by atoms with Crippen molar-refractivity contribution in [1.29, 1.82) is 0 Å². The Hall–Kier alpha value is -2.61. The number of hydrogen-bond donors (Lipinski definition) is 1. The van der Waals surface area contributed by atoms with Crippen LogP contribution in [-0.4, -0.2) is 47.2 Å². The van der Waals surface area contributed by atoms with Crippen LogP contribution in [0.2, 0.25) is 5.02 Å². The molecule has 0 aliphatic carbocycles. The zero-order valence-corrected chi connectivity index (χ0v) is 14.2. The first kappa shape index (κ1) is 17.2. The lowest BCUT2D eigenvalue weighted by Crippen LogP contribution is -2.34. The molecule has 1 aromatic carbocycles. The summed E-state index contributed by atoms with van der Waals surface area (Å²) in [6.45, 7) is 0.885.